The van der Waals surface area contributed by atoms with Gasteiger partial charge in [-0.15, -0.1) is 0 Å². The molecule has 21 heavy (non-hydrogen) atoms. The molecule has 0 aliphatic heterocycles. The average molecular weight is 337 g/mol. The summed E-state index contributed by atoms with van der Waals surface area (Å²) >= 11 is 0. The van der Waals surface area contributed by atoms with Gasteiger partial charge in [-0.2, -0.15) is 0 Å². The molecule has 0 heterocycles. The standard InChI is InChI=1S/C11H19N3O5S2/c1-3-13-20(15,16)7-6-14-21(17,18)11-5-4-9(12)8-10(11)19-2/h4-5,8,13-14H,3,6-7,12H2,1-2H3. The van der Waals surface area contributed by atoms with Crippen molar-refractivity contribution in [3.63, 3.8) is 0 Å². The second-order valence-corrected chi connectivity index (χ2v) is 7.79. The Morgan fingerprint density at radius 3 is 2.43 bits per heavy atom. The van der Waals surface area contributed by atoms with E-state index in [1.165, 1.54) is 25.3 Å². The maximum atomic E-state index is 12.1. The number of methoxy groups -OCH3 is 1. The van der Waals surface area contributed by atoms with E-state index in [0.29, 0.717) is 5.69 Å². The van der Waals surface area contributed by atoms with Crippen LogP contribution >= 0.6 is 0 Å². The van der Waals surface area contributed by atoms with Gasteiger partial charge in [-0.05, 0) is 12.1 Å². The molecule has 0 bridgehead atoms. The smallest absolute Gasteiger partial charge is 0.244 e. The van der Waals surface area contributed by atoms with Gasteiger partial charge in [-0.3, -0.25) is 0 Å². The predicted octanol–water partition coefficient (Wildman–Crippen LogP) is -0.505. The number of nitrogens with two attached hydrogens (primary N) is 1. The number of hydrogen-bond donors (Lipinski definition) is 3. The first-order valence-corrected chi connectivity index (χ1v) is 9.26. The van der Waals surface area contributed by atoms with Crippen molar-refractivity contribution in [2.24, 2.45) is 0 Å². The van der Waals surface area contributed by atoms with Crippen molar-refractivity contribution in [1.29, 1.82) is 0 Å². The first-order valence-electron chi connectivity index (χ1n) is 6.12. The molecule has 0 fully saturated rings. The monoisotopic (exact) mass is 337 g/mol. The summed E-state index contributed by atoms with van der Waals surface area (Å²) in [4.78, 5) is -0.0972. The molecule has 1 aromatic carbocycles. The van der Waals surface area contributed by atoms with E-state index in [2.05, 4.69) is 9.44 Å². The molecule has 1 aromatic rings. The fourth-order valence-corrected chi connectivity index (χ4v) is 3.85. The molecule has 0 aromatic heterocycles. The molecule has 4 N–H and O–H groups in total. The molecule has 10 heteroatoms. The van der Waals surface area contributed by atoms with Crippen LogP contribution < -0.4 is 19.9 Å². The molecule has 0 saturated heterocycles. The van der Waals surface area contributed by atoms with Crippen LogP contribution in [0.4, 0.5) is 5.69 Å². The molecule has 0 unspecified atom stereocenters. The molecule has 120 valence electrons. The third-order valence-electron chi connectivity index (χ3n) is 2.50. The van der Waals surface area contributed by atoms with E-state index in [4.69, 9.17) is 10.5 Å². The molecule has 0 amide bonds. The summed E-state index contributed by atoms with van der Waals surface area (Å²) in [6.07, 6.45) is 0. The highest BCUT2D eigenvalue weighted by molar-refractivity contribution is 7.90. The maximum absolute atomic E-state index is 12.1. The Morgan fingerprint density at radius 2 is 1.86 bits per heavy atom. The Balaban J connectivity index is 2.84. The quantitative estimate of drug-likeness (QED) is 0.549. The first kappa shape index (κ1) is 17.7. The third-order valence-corrected chi connectivity index (χ3v) is 5.47. The van der Waals surface area contributed by atoms with E-state index in [1.807, 2.05) is 0 Å². The number of ether oxygens (including phenoxy) is 1. The molecule has 0 radical (unpaired) electrons. The van der Waals surface area contributed by atoms with E-state index in [0.717, 1.165) is 0 Å². The number of benzene rings is 1. The number of sulfonamides is 2. The molecule has 0 saturated carbocycles. The van der Waals surface area contributed by atoms with Crippen molar-refractivity contribution in [3.8, 4) is 5.75 Å². The van der Waals surface area contributed by atoms with Crippen molar-refractivity contribution in [3.05, 3.63) is 18.2 Å². The second kappa shape index (κ2) is 7.07. The van der Waals surface area contributed by atoms with Crippen LogP contribution in [0.1, 0.15) is 6.92 Å². The van der Waals surface area contributed by atoms with Crippen LogP contribution in [-0.4, -0.2) is 42.8 Å². The van der Waals surface area contributed by atoms with Gasteiger partial charge >= 0.3 is 0 Å². The van der Waals surface area contributed by atoms with E-state index in [9.17, 15) is 16.8 Å². The normalized spacial score (nSPS) is 12.3. The van der Waals surface area contributed by atoms with Crippen LogP contribution in [-0.2, 0) is 20.0 Å². The average Bonchev–Trinajstić information content (AvgIpc) is 2.37. The number of rotatable bonds is 8. The van der Waals surface area contributed by atoms with Crippen molar-refractivity contribution < 1.29 is 21.6 Å². The highest BCUT2D eigenvalue weighted by atomic mass is 32.2. The minimum absolute atomic E-state index is 0.0945. The lowest BCUT2D eigenvalue weighted by atomic mass is 10.3. The Hall–Kier alpha value is -1.36. The fourth-order valence-electron chi connectivity index (χ4n) is 1.59. The molecule has 0 aliphatic rings. The zero-order chi connectivity index (χ0) is 16.1. The molecule has 0 spiro atoms. The lowest BCUT2D eigenvalue weighted by Gasteiger charge is -2.11. The summed E-state index contributed by atoms with van der Waals surface area (Å²) in [7, 11) is -6.04. The van der Waals surface area contributed by atoms with Crippen molar-refractivity contribution in [2.75, 3.05) is 31.7 Å². The van der Waals surface area contributed by atoms with Gasteiger partial charge < -0.3 is 10.5 Å². The highest BCUT2D eigenvalue weighted by Gasteiger charge is 2.20. The second-order valence-electron chi connectivity index (χ2n) is 4.12. The minimum atomic E-state index is -3.88. The lowest BCUT2D eigenvalue weighted by Crippen LogP contribution is -2.34. The zero-order valence-electron chi connectivity index (χ0n) is 11.8. The first-order chi connectivity index (χ1) is 9.72. The summed E-state index contributed by atoms with van der Waals surface area (Å²) in [6.45, 7) is 1.65. The van der Waals surface area contributed by atoms with E-state index >= 15 is 0 Å². The highest BCUT2D eigenvalue weighted by Crippen LogP contribution is 2.25. The van der Waals surface area contributed by atoms with E-state index in [1.54, 1.807) is 6.92 Å². The van der Waals surface area contributed by atoms with Gasteiger partial charge in [0, 0.05) is 24.8 Å². The van der Waals surface area contributed by atoms with Crippen molar-refractivity contribution >= 4 is 25.7 Å². The van der Waals surface area contributed by atoms with Crippen LogP contribution in [0.25, 0.3) is 0 Å². The van der Waals surface area contributed by atoms with Crippen molar-refractivity contribution in [1.82, 2.24) is 9.44 Å². The number of anilines is 1. The Morgan fingerprint density at radius 1 is 1.19 bits per heavy atom. The van der Waals surface area contributed by atoms with Crippen LogP contribution in [0.3, 0.4) is 0 Å². The van der Waals surface area contributed by atoms with Gasteiger partial charge in [0.1, 0.15) is 10.6 Å². The van der Waals surface area contributed by atoms with Gasteiger partial charge in [-0.1, -0.05) is 6.92 Å². The Bertz CT molecular complexity index is 686. The molecular weight excluding hydrogens is 318 g/mol. The van der Waals surface area contributed by atoms with Gasteiger partial charge in [0.15, 0.2) is 0 Å². The minimum Gasteiger partial charge on any atom is -0.495 e. The van der Waals surface area contributed by atoms with E-state index < -0.39 is 20.0 Å². The van der Waals surface area contributed by atoms with Gasteiger partial charge in [0.25, 0.3) is 0 Å². The fraction of sp³-hybridized carbons (Fsp3) is 0.455. The maximum Gasteiger partial charge on any atom is 0.244 e. The van der Waals surface area contributed by atoms with Crippen LogP contribution in [0.2, 0.25) is 0 Å². The number of nitrogens with one attached hydrogen (secondary N) is 2. The van der Waals surface area contributed by atoms with Crippen LogP contribution in [0.15, 0.2) is 23.1 Å². The molecule has 0 atom stereocenters. The summed E-state index contributed by atoms with van der Waals surface area (Å²) in [5, 5.41) is 0. The lowest BCUT2D eigenvalue weighted by molar-refractivity contribution is 0.402. The summed E-state index contributed by atoms with van der Waals surface area (Å²) in [5.74, 6) is -0.255. The van der Waals surface area contributed by atoms with Gasteiger partial charge in [-0.25, -0.2) is 26.3 Å². The van der Waals surface area contributed by atoms with Crippen LogP contribution in [0, 0.1) is 0 Å². The zero-order valence-corrected chi connectivity index (χ0v) is 13.4. The SMILES string of the molecule is CCNS(=O)(=O)CCNS(=O)(=O)c1ccc(N)cc1OC. The predicted molar refractivity (Wildman–Crippen MR) is 80.1 cm³/mol. The topological polar surface area (TPSA) is 128 Å². The number of hydrogen-bond acceptors (Lipinski definition) is 6. The summed E-state index contributed by atoms with van der Waals surface area (Å²) in [5.41, 5.74) is 5.92. The van der Waals surface area contributed by atoms with E-state index in [-0.39, 0.29) is 29.5 Å². The Kier molecular flexibility index (Phi) is 5.96. The summed E-state index contributed by atoms with van der Waals surface area (Å²) in [6, 6.07) is 4.10. The molecule has 0 aliphatic carbocycles. The number of nitrogen functional groups attached to an aromatic ring is 1. The van der Waals surface area contributed by atoms with Gasteiger partial charge in [0.05, 0.1) is 12.9 Å². The molecular formula is C11H19N3O5S2. The largest absolute Gasteiger partial charge is 0.495 e. The molecule has 1 rings (SSSR count). The molecule has 8 nitrogen and oxygen atoms in total. The summed E-state index contributed by atoms with van der Waals surface area (Å²) < 4.78 is 56.6. The Labute approximate surface area is 124 Å². The van der Waals surface area contributed by atoms with Crippen molar-refractivity contribution in [2.45, 2.75) is 11.8 Å². The van der Waals surface area contributed by atoms with Gasteiger partial charge in [0.2, 0.25) is 20.0 Å². The van der Waals surface area contributed by atoms with Crippen LogP contribution in [0.5, 0.6) is 5.75 Å². The third kappa shape index (κ3) is 5.16.